The van der Waals surface area contributed by atoms with Crippen LogP contribution in [0, 0.1) is 5.82 Å². The zero-order chi connectivity index (χ0) is 25.4. The molecule has 0 aliphatic rings. The van der Waals surface area contributed by atoms with Crippen molar-refractivity contribution in [3.05, 3.63) is 35.3 Å². The molecule has 4 N–H and O–H groups in total. The number of fused-ring (bicyclic) bond motifs is 1. The van der Waals surface area contributed by atoms with Crippen LogP contribution in [0.1, 0.15) is 37.3 Å². The van der Waals surface area contributed by atoms with E-state index in [1.807, 2.05) is 0 Å². The first-order chi connectivity index (χ1) is 16.9. The number of nitrogens with zero attached hydrogens (tertiary/aromatic N) is 4. The number of carbonyl (C=O) groups excluding carboxylic acids is 1. The maximum Gasteiger partial charge on any atom is 0.413 e. The molecule has 190 valence electrons. The van der Waals surface area contributed by atoms with E-state index in [2.05, 4.69) is 42.7 Å². The Morgan fingerprint density at radius 3 is 2.69 bits per heavy atom. The van der Waals surface area contributed by atoms with Crippen molar-refractivity contribution in [2.75, 3.05) is 38.5 Å². The molecule has 0 spiro atoms. The summed E-state index contributed by atoms with van der Waals surface area (Å²) in [6.45, 7) is 2.70. The van der Waals surface area contributed by atoms with Gasteiger partial charge in [-0.25, -0.2) is 14.2 Å². The summed E-state index contributed by atoms with van der Waals surface area (Å²) in [6, 6.07) is 3.05. The minimum Gasteiger partial charge on any atom is -0.496 e. The minimum atomic E-state index is -0.698. The topological polar surface area (TPSA) is 135 Å². The second-order valence-corrected chi connectivity index (χ2v) is 7.98. The molecule has 0 aliphatic carbocycles. The number of aliphatic hydroxyl groups is 1. The zero-order valence-corrected chi connectivity index (χ0v) is 20.4. The lowest BCUT2D eigenvalue weighted by Gasteiger charge is -2.19. The summed E-state index contributed by atoms with van der Waals surface area (Å²) < 4.78 is 26.2. The summed E-state index contributed by atoms with van der Waals surface area (Å²) in [5, 5.41) is 22.8. The second kappa shape index (κ2) is 12.3. The van der Waals surface area contributed by atoms with Crippen LogP contribution in [0.2, 0.25) is 0 Å². The Morgan fingerprint density at radius 1 is 1.23 bits per heavy atom. The van der Waals surface area contributed by atoms with E-state index in [0.29, 0.717) is 41.1 Å². The first-order valence-corrected chi connectivity index (χ1v) is 11.4. The highest BCUT2D eigenvalue weighted by atomic mass is 19.1. The first-order valence-electron chi connectivity index (χ1n) is 11.4. The Balaban J connectivity index is 2.08. The van der Waals surface area contributed by atoms with Crippen LogP contribution in [-0.2, 0) is 17.8 Å². The van der Waals surface area contributed by atoms with Gasteiger partial charge >= 0.3 is 6.09 Å². The number of aliphatic hydroxyl groups excluding tert-OH is 1. The quantitative estimate of drug-likeness (QED) is 0.303. The van der Waals surface area contributed by atoms with Crippen molar-refractivity contribution in [3.63, 3.8) is 0 Å². The highest BCUT2D eigenvalue weighted by Crippen LogP contribution is 2.28. The molecule has 35 heavy (non-hydrogen) atoms. The van der Waals surface area contributed by atoms with Crippen molar-refractivity contribution < 1.29 is 23.8 Å². The van der Waals surface area contributed by atoms with Gasteiger partial charge in [0.15, 0.2) is 5.82 Å². The molecular formula is C23H32FN7O4. The Hall–Kier alpha value is -3.51. The summed E-state index contributed by atoms with van der Waals surface area (Å²) in [6.07, 6.45) is 3.09. The van der Waals surface area contributed by atoms with Gasteiger partial charge in [0, 0.05) is 36.4 Å². The van der Waals surface area contributed by atoms with E-state index in [9.17, 15) is 14.3 Å². The number of hydrogen-bond acceptors (Lipinski definition) is 9. The Morgan fingerprint density at radius 2 is 2.03 bits per heavy atom. The number of nitrogens with one attached hydrogen (secondary N) is 3. The molecule has 0 saturated heterocycles. The fraction of sp³-hybridized carbons (Fsp3) is 0.478. The molecule has 0 radical (unpaired) electrons. The Labute approximate surface area is 203 Å². The van der Waals surface area contributed by atoms with Crippen molar-refractivity contribution >= 4 is 28.9 Å². The number of aromatic nitrogens is 4. The lowest BCUT2D eigenvalue weighted by molar-refractivity contribution is 0.186. The van der Waals surface area contributed by atoms with Gasteiger partial charge in [-0.1, -0.05) is 13.3 Å². The summed E-state index contributed by atoms with van der Waals surface area (Å²) in [5.41, 5.74) is 2.32. The maximum atomic E-state index is 14.4. The van der Waals surface area contributed by atoms with Crippen molar-refractivity contribution in [2.24, 2.45) is 0 Å². The molecule has 3 aromatic rings. The molecule has 0 saturated carbocycles. The monoisotopic (exact) mass is 489 g/mol. The van der Waals surface area contributed by atoms with Gasteiger partial charge in [0.1, 0.15) is 22.6 Å². The third kappa shape index (κ3) is 6.34. The van der Waals surface area contributed by atoms with E-state index in [1.54, 1.807) is 24.0 Å². The SMILES string of the molecule is CCCC(CCO)Nc1nc(NC(=O)OC)nc2cnn(Cc3cc(CNC)c(F)cc3OC)c12. The second-order valence-electron chi connectivity index (χ2n) is 7.98. The van der Waals surface area contributed by atoms with Crippen LogP contribution in [-0.4, -0.2) is 64.9 Å². The van der Waals surface area contributed by atoms with Crippen LogP contribution in [0.3, 0.4) is 0 Å². The van der Waals surface area contributed by atoms with Crippen LogP contribution >= 0.6 is 0 Å². The predicted molar refractivity (Wildman–Crippen MR) is 130 cm³/mol. The van der Waals surface area contributed by atoms with Gasteiger partial charge in [-0.2, -0.15) is 10.1 Å². The van der Waals surface area contributed by atoms with Gasteiger partial charge in [0.2, 0.25) is 5.95 Å². The predicted octanol–water partition coefficient (Wildman–Crippen LogP) is 2.88. The van der Waals surface area contributed by atoms with Crippen molar-refractivity contribution in [3.8, 4) is 5.75 Å². The number of amides is 1. The molecule has 1 aromatic carbocycles. The number of anilines is 2. The summed E-state index contributed by atoms with van der Waals surface area (Å²) in [5.74, 6) is 0.541. The molecule has 0 aliphatic heterocycles. The molecule has 2 heterocycles. The van der Waals surface area contributed by atoms with Gasteiger partial charge < -0.3 is 25.2 Å². The fourth-order valence-electron chi connectivity index (χ4n) is 3.86. The zero-order valence-electron chi connectivity index (χ0n) is 20.4. The Kier molecular flexibility index (Phi) is 9.15. The minimum absolute atomic E-state index is 0.0133. The molecule has 0 fully saturated rings. The van der Waals surface area contributed by atoms with E-state index < -0.39 is 6.09 Å². The molecule has 2 aromatic heterocycles. The number of carbonyl (C=O) groups is 1. The largest absolute Gasteiger partial charge is 0.496 e. The van der Waals surface area contributed by atoms with Crippen LogP contribution in [0.5, 0.6) is 5.75 Å². The molecule has 1 amide bonds. The molecule has 1 unspecified atom stereocenters. The highest BCUT2D eigenvalue weighted by molar-refractivity contribution is 5.89. The number of rotatable bonds is 12. The molecular weight excluding hydrogens is 457 g/mol. The van der Waals surface area contributed by atoms with Crippen LogP contribution in [0.25, 0.3) is 11.0 Å². The van der Waals surface area contributed by atoms with E-state index in [-0.39, 0.29) is 31.0 Å². The summed E-state index contributed by atoms with van der Waals surface area (Å²) in [7, 11) is 4.49. The average molecular weight is 490 g/mol. The molecule has 12 heteroatoms. The van der Waals surface area contributed by atoms with Gasteiger partial charge in [-0.15, -0.1) is 0 Å². The summed E-state index contributed by atoms with van der Waals surface area (Å²) >= 11 is 0. The first kappa shape index (κ1) is 26.1. The molecule has 3 rings (SSSR count). The van der Waals surface area contributed by atoms with Crippen LogP contribution in [0.4, 0.5) is 21.0 Å². The smallest absolute Gasteiger partial charge is 0.413 e. The number of methoxy groups -OCH3 is 2. The molecule has 11 nitrogen and oxygen atoms in total. The lowest BCUT2D eigenvalue weighted by Crippen LogP contribution is -2.23. The number of halogens is 1. The van der Waals surface area contributed by atoms with Gasteiger partial charge in [-0.3, -0.25) is 10.00 Å². The highest BCUT2D eigenvalue weighted by Gasteiger charge is 2.20. The van der Waals surface area contributed by atoms with Crippen molar-refractivity contribution in [2.45, 2.75) is 45.3 Å². The normalized spacial score (nSPS) is 11.9. The number of ether oxygens (including phenoxy) is 2. The fourth-order valence-corrected chi connectivity index (χ4v) is 3.86. The van der Waals surface area contributed by atoms with E-state index >= 15 is 0 Å². The Bertz CT molecular complexity index is 1150. The van der Waals surface area contributed by atoms with E-state index in [0.717, 1.165) is 18.4 Å². The van der Waals surface area contributed by atoms with Crippen molar-refractivity contribution in [1.29, 1.82) is 0 Å². The van der Waals surface area contributed by atoms with Crippen molar-refractivity contribution in [1.82, 2.24) is 25.1 Å². The van der Waals surface area contributed by atoms with Crippen LogP contribution in [0.15, 0.2) is 18.3 Å². The molecule has 1 atom stereocenters. The van der Waals surface area contributed by atoms with Gasteiger partial charge in [0.25, 0.3) is 0 Å². The van der Waals surface area contributed by atoms with Crippen LogP contribution < -0.4 is 20.7 Å². The third-order valence-corrected chi connectivity index (χ3v) is 5.48. The van der Waals surface area contributed by atoms with E-state index in [4.69, 9.17) is 4.74 Å². The standard InChI is InChI=1S/C23H32FN7O4/c1-5-6-16(7-8-32)27-21-20-18(28-22(29-21)30-23(33)35-4)12-26-31(20)13-15-9-14(11-25-2)17(24)10-19(15)34-3/h9-10,12,16,25,32H,5-8,11,13H2,1-4H3,(H2,27,28,29,30,33). The maximum absolute atomic E-state index is 14.4. The number of benzene rings is 1. The third-order valence-electron chi connectivity index (χ3n) is 5.48. The van der Waals surface area contributed by atoms with Gasteiger partial charge in [0.05, 0.1) is 27.0 Å². The average Bonchev–Trinajstić information content (AvgIpc) is 3.24. The van der Waals surface area contributed by atoms with Gasteiger partial charge in [-0.05, 0) is 26.0 Å². The van der Waals surface area contributed by atoms with E-state index in [1.165, 1.54) is 20.3 Å². The summed E-state index contributed by atoms with van der Waals surface area (Å²) in [4.78, 5) is 20.6. The lowest BCUT2D eigenvalue weighted by atomic mass is 10.1. The number of hydrogen-bond donors (Lipinski definition) is 4. The molecule has 0 bridgehead atoms.